The molecule has 1 amide bonds. The molecule has 0 radical (unpaired) electrons. The van der Waals surface area contributed by atoms with Gasteiger partial charge in [0.25, 0.3) is 5.91 Å². The third-order valence-electron chi connectivity index (χ3n) is 3.60. The van der Waals surface area contributed by atoms with Crippen LogP contribution in [0.5, 0.6) is 5.75 Å². The van der Waals surface area contributed by atoms with Gasteiger partial charge in [-0.3, -0.25) is 9.59 Å². The van der Waals surface area contributed by atoms with Crippen molar-refractivity contribution in [2.45, 2.75) is 13.5 Å². The normalized spacial score (nSPS) is 10.0. The summed E-state index contributed by atoms with van der Waals surface area (Å²) in [5.41, 5.74) is 1.55. The highest BCUT2D eigenvalue weighted by atomic mass is 16.5. The second-order valence-electron chi connectivity index (χ2n) is 5.49. The molecule has 27 heavy (non-hydrogen) atoms. The smallest absolute Gasteiger partial charge is 0.337 e. The van der Waals surface area contributed by atoms with Crippen LogP contribution in [0.25, 0.3) is 0 Å². The number of amides is 1. The average molecular weight is 371 g/mol. The number of hydrogen-bond acceptors (Lipinski definition) is 6. The summed E-state index contributed by atoms with van der Waals surface area (Å²) < 4.78 is 15.0. The average Bonchev–Trinajstić information content (AvgIpc) is 2.71. The number of esters is 2. The van der Waals surface area contributed by atoms with Gasteiger partial charge >= 0.3 is 11.9 Å². The molecule has 0 atom stereocenters. The second-order valence-corrected chi connectivity index (χ2v) is 5.49. The lowest BCUT2D eigenvalue weighted by Gasteiger charge is -2.08. The zero-order valence-corrected chi connectivity index (χ0v) is 15.2. The molecule has 2 rings (SSSR count). The van der Waals surface area contributed by atoms with Crippen LogP contribution in [0.4, 0.5) is 0 Å². The Morgan fingerprint density at radius 1 is 0.926 bits per heavy atom. The maximum Gasteiger partial charge on any atom is 0.337 e. The Hall–Kier alpha value is -3.35. The molecule has 0 saturated heterocycles. The van der Waals surface area contributed by atoms with Crippen molar-refractivity contribution in [1.82, 2.24) is 5.32 Å². The molecule has 0 aliphatic carbocycles. The maximum atomic E-state index is 12.0. The third-order valence-corrected chi connectivity index (χ3v) is 3.60. The fourth-order valence-electron chi connectivity index (χ4n) is 2.19. The highest BCUT2D eigenvalue weighted by Gasteiger charge is 2.10. The van der Waals surface area contributed by atoms with E-state index in [1.807, 2.05) is 6.92 Å². The van der Waals surface area contributed by atoms with E-state index in [1.165, 1.54) is 7.11 Å². The van der Waals surface area contributed by atoms with E-state index < -0.39 is 11.9 Å². The Morgan fingerprint density at radius 2 is 1.56 bits per heavy atom. The number of rotatable bonds is 8. The summed E-state index contributed by atoms with van der Waals surface area (Å²) >= 11 is 0. The lowest BCUT2D eigenvalue weighted by Crippen LogP contribution is -2.30. The third kappa shape index (κ3) is 6.14. The van der Waals surface area contributed by atoms with Crippen LogP contribution in [-0.2, 0) is 20.9 Å². The van der Waals surface area contributed by atoms with Crippen molar-refractivity contribution >= 4 is 17.8 Å². The molecule has 0 saturated carbocycles. The minimum absolute atomic E-state index is 0.0409. The van der Waals surface area contributed by atoms with Crippen molar-refractivity contribution in [2.75, 3.05) is 20.3 Å². The first-order valence-corrected chi connectivity index (χ1v) is 8.37. The SMILES string of the molecule is CCOc1ccc(C(=O)NCC(=O)OCc2ccc(C(=O)OC)cc2)cc1. The van der Waals surface area contributed by atoms with Crippen molar-refractivity contribution in [2.24, 2.45) is 0 Å². The summed E-state index contributed by atoms with van der Waals surface area (Å²) in [6, 6.07) is 13.1. The van der Waals surface area contributed by atoms with Crippen LogP contribution in [0.1, 0.15) is 33.2 Å². The van der Waals surface area contributed by atoms with E-state index in [2.05, 4.69) is 10.1 Å². The minimum atomic E-state index is -0.564. The molecule has 0 heterocycles. The number of ether oxygens (including phenoxy) is 3. The zero-order chi connectivity index (χ0) is 19.6. The topological polar surface area (TPSA) is 90.9 Å². The molecule has 142 valence electrons. The van der Waals surface area contributed by atoms with Gasteiger partial charge in [-0.2, -0.15) is 0 Å². The van der Waals surface area contributed by atoms with Gasteiger partial charge in [0.05, 0.1) is 19.3 Å². The standard InChI is InChI=1S/C20H21NO6/c1-3-26-17-10-8-15(9-11-17)19(23)21-12-18(22)27-13-14-4-6-16(7-5-14)20(24)25-2/h4-11H,3,12-13H2,1-2H3,(H,21,23). The Bertz CT molecular complexity index is 783. The molecule has 2 aromatic carbocycles. The summed E-state index contributed by atoms with van der Waals surface area (Å²) in [6.45, 7) is 2.22. The summed E-state index contributed by atoms with van der Waals surface area (Å²) in [6.07, 6.45) is 0. The molecule has 1 N–H and O–H groups in total. The molecule has 7 nitrogen and oxygen atoms in total. The molecule has 7 heteroatoms. The summed E-state index contributed by atoms with van der Waals surface area (Å²) in [5, 5.41) is 2.50. The Kier molecular flexibility index (Phi) is 7.37. The van der Waals surface area contributed by atoms with Crippen LogP contribution in [0.2, 0.25) is 0 Å². The molecular weight excluding hydrogens is 350 g/mol. The highest BCUT2D eigenvalue weighted by Crippen LogP contribution is 2.12. The second kappa shape index (κ2) is 9.96. The first-order valence-electron chi connectivity index (χ1n) is 8.37. The molecule has 0 aromatic heterocycles. The van der Waals surface area contributed by atoms with E-state index in [-0.39, 0.29) is 19.1 Å². The number of benzene rings is 2. The quantitative estimate of drug-likeness (QED) is 0.716. The number of methoxy groups -OCH3 is 1. The predicted molar refractivity (Wildman–Crippen MR) is 97.5 cm³/mol. The van der Waals surface area contributed by atoms with Crippen LogP contribution < -0.4 is 10.1 Å². The minimum Gasteiger partial charge on any atom is -0.494 e. The Labute approximate surface area is 157 Å². The van der Waals surface area contributed by atoms with E-state index in [4.69, 9.17) is 9.47 Å². The number of nitrogens with one attached hydrogen (secondary N) is 1. The molecule has 0 unspecified atom stereocenters. The van der Waals surface area contributed by atoms with E-state index in [0.29, 0.717) is 29.0 Å². The van der Waals surface area contributed by atoms with Gasteiger partial charge in [0, 0.05) is 5.56 Å². The summed E-state index contributed by atoms with van der Waals surface area (Å²) in [5.74, 6) is -0.703. The molecular formula is C20H21NO6. The summed E-state index contributed by atoms with van der Waals surface area (Å²) in [4.78, 5) is 35.2. The Balaban J connectivity index is 1.77. The fourth-order valence-corrected chi connectivity index (χ4v) is 2.19. The lowest BCUT2D eigenvalue weighted by molar-refractivity contribution is -0.143. The van der Waals surface area contributed by atoms with Gasteiger partial charge in [0.1, 0.15) is 18.9 Å². The molecule has 0 bridgehead atoms. The van der Waals surface area contributed by atoms with Crippen molar-refractivity contribution in [3.63, 3.8) is 0 Å². The lowest BCUT2D eigenvalue weighted by atomic mass is 10.1. The largest absolute Gasteiger partial charge is 0.494 e. The van der Waals surface area contributed by atoms with Gasteiger partial charge in [-0.05, 0) is 48.9 Å². The number of carbonyl (C=O) groups is 3. The molecule has 0 fully saturated rings. The van der Waals surface area contributed by atoms with Crippen molar-refractivity contribution in [1.29, 1.82) is 0 Å². The molecule has 0 aliphatic rings. The summed E-state index contributed by atoms with van der Waals surface area (Å²) in [7, 11) is 1.31. The van der Waals surface area contributed by atoms with Crippen LogP contribution in [0.3, 0.4) is 0 Å². The van der Waals surface area contributed by atoms with E-state index >= 15 is 0 Å². The monoisotopic (exact) mass is 371 g/mol. The van der Waals surface area contributed by atoms with Crippen molar-refractivity contribution in [3.8, 4) is 5.75 Å². The van der Waals surface area contributed by atoms with Gasteiger partial charge in [-0.1, -0.05) is 12.1 Å². The van der Waals surface area contributed by atoms with E-state index in [1.54, 1.807) is 48.5 Å². The number of hydrogen-bond donors (Lipinski definition) is 1. The van der Waals surface area contributed by atoms with Crippen LogP contribution in [0, 0.1) is 0 Å². The van der Waals surface area contributed by atoms with Gasteiger partial charge in [0.15, 0.2) is 0 Å². The van der Waals surface area contributed by atoms with E-state index in [9.17, 15) is 14.4 Å². The van der Waals surface area contributed by atoms with Crippen LogP contribution in [-0.4, -0.2) is 38.1 Å². The zero-order valence-electron chi connectivity index (χ0n) is 15.2. The maximum absolute atomic E-state index is 12.0. The van der Waals surface area contributed by atoms with Gasteiger partial charge < -0.3 is 19.5 Å². The molecule has 0 spiro atoms. The molecule has 0 aliphatic heterocycles. The number of carbonyl (C=O) groups excluding carboxylic acids is 3. The van der Waals surface area contributed by atoms with Crippen molar-refractivity contribution < 1.29 is 28.6 Å². The van der Waals surface area contributed by atoms with Gasteiger partial charge in [0.2, 0.25) is 0 Å². The van der Waals surface area contributed by atoms with Gasteiger partial charge in [-0.25, -0.2) is 4.79 Å². The van der Waals surface area contributed by atoms with Gasteiger partial charge in [-0.15, -0.1) is 0 Å². The first-order chi connectivity index (χ1) is 13.0. The van der Waals surface area contributed by atoms with Crippen LogP contribution >= 0.6 is 0 Å². The fraction of sp³-hybridized carbons (Fsp3) is 0.250. The van der Waals surface area contributed by atoms with Crippen molar-refractivity contribution in [3.05, 3.63) is 65.2 Å². The highest BCUT2D eigenvalue weighted by molar-refractivity contribution is 5.96. The van der Waals surface area contributed by atoms with Crippen LogP contribution in [0.15, 0.2) is 48.5 Å². The van der Waals surface area contributed by atoms with E-state index in [0.717, 1.165) is 0 Å². The Morgan fingerprint density at radius 3 is 2.15 bits per heavy atom. The first kappa shape index (κ1) is 20.0. The molecule has 2 aromatic rings. The predicted octanol–water partition coefficient (Wildman–Crippen LogP) is 2.35.